The molecule has 4 nitrogen and oxygen atoms in total. The highest BCUT2D eigenvalue weighted by atomic mass is 16.5. The summed E-state index contributed by atoms with van der Waals surface area (Å²) in [4.78, 5) is 16.5. The second-order valence-electron chi connectivity index (χ2n) is 6.05. The van der Waals surface area contributed by atoms with Gasteiger partial charge in [0.05, 0.1) is 6.61 Å². The first kappa shape index (κ1) is 15.5. The zero-order valence-corrected chi connectivity index (χ0v) is 12.8. The molecule has 0 atom stereocenters. The number of likely N-dealkylation sites (tertiary alicyclic amines) is 2. The molecule has 2 heterocycles. The summed E-state index contributed by atoms with van der Waals surface area (Å²) in [5.41, 5.74) is 0.588. The summed E-state index contributed by atoms with van der Waals surface area (Å²) in [7, 11) is 0. The van der Waals surface area contributed by atoms with Gasteiger partial charge in [0.1, 0.15) is 0 Å². The number of piperidine rings is 1. The summed E-state index contributed by atoms with van der Waals surface area (Å²) in [5, 5.41) is 0. The van der Waals surface area contributed by atoms with Crippen LogP contribution in [0, 0.1) is 5.92 Å². The SMILES string of the molecule is C=C(CN1CCC(CN2CCCC2)CC1)C(=O)OCC. The predicted octanol–water partition coefficient (Wildman–Crippen LogP) is 1.91. The number of carbonyl (C=O) groups is 1. The quantitative estimate of drug-likeness (QED) is 0.550. The zero-order chi connectivity index (χ0) is 14.4. The second-order valence-corrected chi connectivity index (χ2v) is 6.05. The fourth-order valence-electron chi connectivity index (χ4n) is 3.23. The van der Waals surface area contributed by atoms with Crippen molar-refractivity contribution in [2.75, 3.05) is 45.9 Å². The molecule has 114 valence electrons. The van der Waals surface area contributed by atoms with Gasteiger partial charge in [-0.25, -0.2) is 4.79 Å². The Hall–Kier alpha value is -0.870. The van der Waals surface area contributed by atoms with E-state index in [9.17, 15) is 4.79 Å². The summed E-state index contributed by atoms with van der Waals surface area (Å²) >= 11 is 0. The van der Waals surface area contributed by atoms with Crippen LogP contribution in [0.1, 0.15) is 32.6 Å². The molecule has 0 bridgehead atoms. The van der Waals surface area contributed by atoms with Gasteiger partial charge in [0, 0.05) is 18.7 Å². The molecule has 0 aliphatic carbocycles. The molecule has 0 aromatic carbocycles. The highest BCUT2D eigenvalue weighted by Gasteiger charge is 2.23. The normalized spacial score (nSPS) is 22.1. The van der Waals surface area contributed by atoms with Crippen molar-refractivity contribution >= 4 is 5.97 Å². The average Bonchev–Trinajstić information content (AvgIpc) is 2.94. The van der Waals surface area contributed by atoms with Crippen LogP contribution in [0.4, 0.5) is 0 Å². The van der Waals surface area contributed by atoms with Gasteiger partial charge in [-0.3, -0.25) is 4.90 Å². The smallest absolute Gasteiger partial charge is 0.334 e. The van der Waals surface area contributed by atoms with Gasteiger partial charge in [0.25, 0.3) is 0 Å². The van der Waals surface area contributed by atoms with E-state index in [0.29, 0.717) is 18.7 Å². The molecular weight excluding hydrogens is 252 g/mol. The monoisotopic (exact) mass is 280 g/mol. The van der Waals surface area contributed by atoms with Crippen LogP contribution in [0.15, 0.2) is 12.2 Å². The van der Waals surface area contributed by atoms with Crippen LogP contribution in [0.5, 0.6) is 0 Å². The molecule has 0 N–H and O–H groups in total. The molecule has 2 aliphatic heterocycles. The summed E-state index contributed by atoms with van der Waals surface area (Å²) in [6.45, 7) is 12.8. The van der Waals surface area contributed by atoms with Gasteiger partial charge >= 0.3 is 5.97 Å². The van der Waals surface area contributed by atoms with Crippen molar-refractivity contribution < 1.29 is 9.53 Å². The van der Waals surface area contributed by atoms with Gasteiger partial charge in [-0.15, -0.1) is 0 Å². The van der Waals surface area contributed by atoms with Gasteiger partial charge in [0.15, 0.2) is 0 Å². The van der Waals surface area contributed by atoms with Crippen molar-refractivity contribution in [3.8, 4) is 0 Å². The lowest BCUT2D eigenvalue weighted by atomic mass is 9.96. The zero-order valence-electron chi connectivity index (χ0n) is 12.8. The lowest BCUT2D eigenvalue weighted by Crippen LogP contribution is -2.39. The van der Waals surface area contributed by atoms with Crippen LogP contribution in [0.25, 0.3) is 0 Å². The Morgan fingerprint density at radius 1 is 1.15 bits per heavy atom. The molecule has 2 aliphatic rings. The Kier molecular flexibility index (Phi) is 6.05. The highest BCUT2D eigenvalue weighted by Crippen LogP contribution is 2.21. The number of hydrogen-bond acceptors (Lipinski definition) is 4. The first-order valence-electron chi connectivity index (χ1n) is 7.98. The molecule has 20 heavy (non-hydrogen) atoms. The first-order valence-corrected chi connectivity index (χ1v) is 7.98. The molecule has 2 rings (SSSR count). The number of carbonyl (C=O) groups excluding carboxylic acids is 1. The summed E-state index contributed by atoms with van der Waals surface area (Å²) in [5.74, 6) is 0.590. The van der Waals surface area contributed by atoms with Gasteiger partial charge in [-0.2, -0.15) is 0 Å². The van der Waals surface area contributed by atoms with Gasteiger partial charge in [-0.1, -0.05) is 6.58 Å². The maximum atomic E-state index is 11.6. The molecule has 2 saturated heterocycles. The lowest BCUT2D eigenvalue weighted by Gasteiger charge is -2.33. The Balaban J connectivity index is 1.65. The third-order valence-corrected chi connectivity index (χ3v) is 4.40. The summed E-state index contributed by atoms with van der Waals surface area (Å²) in [6.07, 6.45) is 5.23. The minimum absolute atomic E-state index is 0.244. The van der Waals surface area contributed by atoms with E-state index in [2.05, 4.69) is 16.4 Å². The fraction of sp³-hybridized carbons (Fsp3) is 0.812. The first-order chi connectivity index (χ1) is 9.69. The molecule has 0 aromatic rings. The third-order valence-electron chi connectivity index (χ3n) is 4.40. The van der Waals surface area contributed by atoms with Crippen LogP contribution >= 0.6 is 0 Å². The molecule has 0 spiro atoms. The minimum Gasteiger partial charge on any atom is -0.463 e. The summed E-state index contributed by atoms with van der Waals surface area (Å²) in [6, 6.07) is 0. The molecule has 0 unspecified atom stereocenters. The van der Waals surface area contributed by atoms with Gasteiger partial charge < -0.3 is 9.64 Å². The van der Waals surface area contributed by atoms with E-state index in [1.165, 1.54) is 45.3 Å². The number of rotatable bonds is 6. The fourth-order valence-corrected chi connectivity index (χ4v) is 3.23. The average molecular weight is 280 g/mol. The molecule has 0 saturated carbocycles. The maximum Gasteiger partial charge on any atom is 0.334 e. The van der Waals surface area contributed by atoms with E-state index in [1.807, 2.05) is 6.92 Å². The van der Waals surface area contributed by atoms with E-state index in [1.54, 1.807) is 0 Å². The van der Waals surface area contributed by atoms with E-state index >= 15 is 0 Å². The van der Waals surface area contributed by atoms with Crippen LogP contribution in [0.2, 0.25) is 0 Å². The van der Waals surface area contributed by atoms with Crippen molar-refractivity contribution in [3.63, 3.8) is 0 Å². The molecule has 0 radical (unpaired) electrons. The molecule has 2 fully saturated rings. The topological polar surface area (TPSA) is 32.8 Å². The van der Waals surface area contributed by atoms with E-state index in [-0.39, 0.29) is 5.97 Å². The molecule has 0 aromatic heterocycles. The van der Waals surface area contributed by atoms with Crippen molar-refractivity contribution in [3.05, 3.63) is 12.2 Å². The summed E-state index contributed by atoms with van der Waals surface area (Å²) < 4.78 is 4.98. The highest BCUT2D eigenvalue weighted by molar-refractivity contribution is 5.88. The Bertz CT molecular complexity index is 329. The van der Waals surface area contributed by atoms with Crippen molar-refractivity contribution in [2.45, 2.75) is 32.6 Å². The van der Waals surface area contributed by atoms with E-state index in [0.717, 1.165) is 19.0 Å². The molecule has 4 heteroatoms. The minimum atomic E-state index is -0.244. The Morgan fingerprint density at radius 2 is 1.80 bits per heavy atom. The number of ether oxygens (including phenoxy) is 1. The van der Waals surface area contributed by atoms with Gasteiger partial charge in [-0.05, 0) is 64.7 Å². The van der Waals surface area contributed by atoms with Crippen molar-refractivity contribution in [1.82, 2.24) is 9.80 Å². The Morgan fingerprint density at radius 3 is 2.40 bits per heavy atom. The van der Waals surface area contributed by atoms with Crippen LogP contribution in [-0.2, 0) is 9.53 Å². The Labute approximate surface area is 122 Å². The molecule has 0 amide bonds. The van der Waals surface area contributed by atoms with Crippen LogP contribution in [0.3, 0.4) is 0 Å². The third kappa shape index (κ3) is 4.60. The van der Waals surface area contributed by atoms with Crippen molar-refractivity contribution in [2.24, 2.45) is 5.92 Å². The van der Waals surface area contributed by atoms with E-state index < -0.39 is 0 Å². The maximum absolute atomic E-state index is 11.6. The predicted molar refractivity (Wildman–Crippen MR) is 80.6 cm³/mol. The number of esters is 1. The largest absolute Gasteiger partial charge is 0.463 e. The second kappa shape index (κ2) is 7.79. The van der Waals surface area contributed by atoms with Crippen LogP contribution in [-0.4, -0.2) is 61.6 Å². The number of nitrogens with zero attached hydrogens (tertiary/aromatic N) is 2. The lowest BCUT2D eigenvalue weighted by molar-refractivity contribution is -0.138. The number of hydrogen-bond donors (Lipinski definition) is 0. The van der Waals surface area contributed by atoms with Gasteiger partial charge in [0.2, 0.25) is 0 Å². The van der Waals surface area contributed by atoms with Crippen molar-refractivity contribution in [1.29, 1.82) is 0 Å². The van der Waals surface area contributed by atoms with Crippen LogP contribution < -0.4 is 0 Å². The van der Waals surface area contributed by atoms with E-state index in [4.69, 9.17) is 4.74 Å². The standard InChI is InChI=1S/C16H28N2O2/c1-3-20-16(19)14(2)12-18-10-6-15(7-11-18)13-17-8-4-5-9-17/h15H,2-13H2,1H3. The molecular formula is C16H28N2O2.